The second-order valence-electron chi connectivity index (χ2n) is 10.5. The molecule has 2 atom stereocenters. The number of hydrazone groups is 1. The fourth-order valence-electron chi connectivity index (χ4n) is 6.70. The number of nitrogens with one attached hydrogen (secondary N) is 2. The molecule has 2 aromatic carbocycles. The maximum absolute atomic E-state index is 12.7. The summed E-state index contributed by atoms with van der Waals surface area (Å²) in [6, 6.07) is 14.4. The van der Waals surface area contributed by atoms with Crippen LogP contribution in [0.5, 0.6) is 5.75 Å². The monoisotopic (exact) mass is 471 g/mol. The van der Waals surface area contributed by atoms with Crippen molar-refractivity contribution in [2.24, 2.45) is 5.10 Å². The molecule has 2 aliphatic carbocycles. The molecule has 6 heteroatoms. The number of fused-ring (bicyclic) bond motifs is 3. The van der Waals surface area contributed by atoms with E-state index in [1.54, 1.807) is 30.5 Å². The number of hydrogen-bond acceptors (Lipinski definition) is 3. The van der Waals surface area contributed by atoms with E-state index in [0.717, 1.165) is 37.4 Å². The fraction of sp³-hybridized carbons (Fsp3) is 0.448. The van der Waals surface area contributed by atoms with E-state index < -0.39 is 0 Å². The topological polar surface area (TPSA) is 71.1 Å². The van der Waals surface area contributed by atoms with Crippen LogP contribution in [0.25, 0.3) is 10.9 Å². The van der Waals surface area contributed by atoms with Crippen LogP contribution in [0, 0.1) is 0 Å². The third-order valence-corrected chi connectivity index (χ3v) is 8.40. The summed E-state index contributed by atoms with van der Waals surface area (Å²) < 4.78 is 2.56. The first-order chi connectivity index (χ1) is 17.2. The van der Waals surface area contributed by atoms with Gasteiger partial charge in [-0.05, 0) is 84.7 Å². The lowest BCUT2D eigenvalue weighted by Gasteiger charge is -2.36. The zero-order valence-corrected chi connectivity index (χ0v) is 20.3. The van der Waals surface area contributed by atoms with Crippen LogP contribution in [0.3, 0.4) is 0 Å². The normalized spacial score (nSPS) is 22.4. The Hall–Kier alpha value is -3.12. The van der Waals surface area contributed by atoms with Crippen LogP contribution in [0.1, 0.15) is 79.3 Å². The molecule has 1 aliphatic heterocycles. The van der Waals surface area contributed by atoms with Crippen LogP contribution in [0.4, 0.5) is 0 Å². The lowest BCUT2D eigenvalue weighted by atomic mass is 9.83. The van der Waals surface area contributed by atoms with Crippen molar-refractivity contribution >= 4 is 23.0 Å². The highest BCUT2D eigenvalue weighted by Gasteiger charge is 2.38. The van der Waals surface area contributed by atoms with E-state index in [4.69, 9.17) is 0 Å². The number of nitrogens with zero attached hydrogens (tertiary/aromatic N) is 2. The summed E-state index contributed by atoms with van der Waals surface area (Å²) in [7, 11) is 0. The molecule has 6 rings (SSSR count). The fourth-order valence-corrected chi connectivity index (χ4v) is 6.70. The Morgan fingerprint density at radius 1 is 1.09 bits per heavy atom. The van der Waals surface area contributed by atoms with E-state index in [1.165, 1.54) is 71.1 Å². The van der Waals surface area contributed by atoms with E-state index in [0.29, 0.717) is 12.6 Å². The summed E-state index contributed by atoms with van der Waals surface area (Å²) in [5.74, 6) is 0.894. The van der Waals surface area contributed by atoms with E-state index in [9.17, 15) is 9.90 Å². The van der Waals surface area contributed by atoms with Gasteiger partial charge in [-0.25, -0.2) is 5.43 Å². The van der Waals surface area contributed by atoms with Crippen LogP contribution in [0.2, 0.25) is 0 Å². The van der Waals surface area contributed by atoms with Crippen LogP contribution in [-0.2, 0) is 17.8 Å². The van der Waals surface area contributed by atoms with Gasteiger partial charge in [-0.3, -0.25) is 4.79 Å². The standard InChI is InChI=1S/C29H34N4O2/c34-23-12-9-20(10-13-23)18-30-31-28(35)19-32-15-16-33-26-14-11-22(21-5-2-1-3-6-21)17-25(26)24-7-4-8-27(32)29(24)33/h9-14,17-18,21,27,34H,1-8,15-16,19H2,(H,31,35)/p+1/b30-18+/t27-/m1/s1. The Bertz CT molecular complexity index is 1250. The molecule has 35 heavy (non-hydrogen) atoms. The average molecular weight is 472 g/mol. The van der Waals surface area contributed by atoms with Gasteiger partial charge in [0.2, 0.25) is 0 Å². The average Bonchev–Trinajstić information content (AvgIpc) is 3.22. The number of carbonyl (C=O) groups is 1. The van der Waals surface area contributed by atoms with Gasteiger partial charge in [0.15, 0.2) is 6.54 Å². The Balaban J connectivity index is 1.20. The Morgan fingerprint density at radius 3 is 2.74 bits per heavy atom. The lowest BCUT2D eigenvalue weighted by molar-refractivity contribution is -0.929. The summed E-state index contributed by atoms with van der Waals surface area (Å²) in [5.41, 5.74) is 9.49. The van der Waals surface area contributed by atoms with E-state index in [-0.39, 0.29) is 11.7 Å². The Kier molecular flexibility index (Phi) is 6.06. The molecule has 1 fully saturated rings. The number of phenols is 1. The molecule has 182 valence electrons. The van der Waals surface area contributed by atoms with Gasteiger partial charge in [0.25, 0.3) is 5.91 Å². The maximum atomic E-state index is 12.7. The Labute approximate surface area is 206 Å². The zero-order chi connectivity index (χ0) is 23.8. The number of hydrogen-bond donors (Lipinski definition) is 3. The second kappa shape index (κ2) is 9.50. The molecule has 0 bridgehead atoms. The predicted molar refractivity (Wildman–Crippen MR) is 138 cm³/mol. The molecular formula is C29H35N4O2+. The van der Waals surface area contributed by atoms with Crippen LogP contribution < -0.4 is 10.3 Å². The molecule has 3 aromatic rings. The minimum Gasteiger partial charge on any atom is -0.508 e. The molecule has 0 radical (unpaired) electrons. The second-order valence-corrected chi connectivity index (χ2v) is 10.5. The SMILES string of the molecule is O=C(C[NH+]1CCn2c3c(c4cc(C5CCCCC5)ccc42)CCC[C@H]31)N/N=C/c1ccc(O)cc1. The van der Waals surface area contributed by atoms with Gasteiger partial charge in [-0.15, -0.1) is 0 Å². The summed E-state index contributed by atoms with van der Waals surface area (Å²) in [5, 5.41) is 15.0. The van der Waals surface area contributed by atoms with Crippen molar-refractivity contribution in [3.05, 3.63) is 64.8 Å². The molecule has 2 heterocycles. The third-order valence-electron chi connectivity index (χ3n) is 8.40. The van der Waals surface area contributed by atoms with E-state index >= 15 is 0 Å². The minimum atomic E-state index is -0.0497. The molecule has 3 N–H and O–H groups in total. The number of quaternary nitrogens is 1. The van der Waals surface area contributed by atoms with Gasteiger partial charge in [0, 0.05) is 17.3 Å². The molecular weight excluding hydrogens is 436 g/mol. The quantitative estimate of drug-likeness (QED) is 0.391. The third kappa shape index (κ3) is 4.36. The van der Waals surface area contributed by atoms with Crippen molar-refractivity contribution in [1.82, 2.24) is 9.99 Å². The molecule has 1 aromatic heterocycles. The van der Waals surface area contributed by atoms with Gasteiger partial charge in [0.05, 0.1) is 25.0 Å². The van der Waals surface area contributed by atoms with E-state index in [1.807, 2.05) is 0 Å². The first kappa shape index (κ1) is 22.4. The number of amides is 1. The van der Waals surface area contributed by atoms with Gasteiger partial charge < -0.3 is 14.6 Å². The first-order valence-corrected chi connectivity index (χ1v) is 13.3. The number of carbonyl (C=O) groups excluding carboxylic acids is 1. The zero-order valence-electron chi connectivity index (χ0n) is 20.3. The maximum Gasteiger partial charge on any atom is 0.295 e. The van der Waals surface area contributed by atoms with Gasteiger partial charge in [-0.1, -0.05) is 25.3 Å². The van der Waals surface area contributed by atoms with Crippen LogP contribution in [-0.4, -0.2) is 34.9 Å². The lowest BCUT2D eigenvalue weighted by Crippen LogP contribution is -3.14. The molecule has 6 nitrogen and oxygen atoms in total. The number of benzene rings is 2. The Morgan fingerprint density at radius 2 is 1.91 bits per heavy atom. The van der Waals surface area contributed by atoms with Gasteiger partial charge >= 0.3 is 0 Å². The molecule has 3 aliphatic rings. The predicted octanol–water partition coefficient (Wildman–Crippen LogP) is 3.82. The summed E-state index contributed by atoms with van der Waals surface area (Å²) in [6.45, 7) is 2.36. The minimum absolute atomic E-state index is 0.0497. The summed E-state index contributed by atoms with van der Waals surface area (Å²) in [6.07, 6.45) is 11.9. The molecule has 1 unspecified atom stereocenters. The van der Waals surface area contributed by atoms with Crippen molar-refractivity contribution in [2.75, 3.05) is 13.1 Å². The number of aromatic hydroxyl groups is 1. The molecule has 0 spiro atoms. The van der Waals surface area contributed by atoms with Gasteiger partial charge in [0.1, 0.15) is 11.8 Å². The summed E-state index contributed by atoms with van der Waals surface area (Å²) in [4.78, 5) is 14.1. The number of aryl methyl sites for hydroxylation is 1. The largest absolute Gasteiger partial charge is 0.508 e. The van der Waals surface area contributed by atoms with Crippen molar-refractivity contribution in [3.63, 3.8) is 0 Å². The molecule has 0 saturated heterocycles. The van der Waals surface area contributed by atoms with Crippen molar-refractivity contribution in [2.45, 2.75) is 69.9 Å². The van der Waals surface area contributed by atoms with Crippen molar-refractivity contribution < 1.29 is 14.8 Å². The molecule has 1 saturated carbocycles. The highest BCUT2D eigenvalue weighted by atomic mass is 16.3. The van der Waals surface area contributed by atoms with Crippen molar-refractivity contribution in [1.29, 1.82) is 0 Å². The summed E-state index contributed by atoms with van der Waals surface area (Å²) >= 11 is 0. The number of rotatable bonds is 5. The highest BCUT2D eigenvalue weighted by Crippen LogP contribution is 2.40. The van der Waals surface area contributed by atoms with Crippen LogP contribution >= 0.6 is 0 Å². The molecule has 1 amide bonds. The van der Waals surface area contributed by atoms with Gasteiger partial charge in [-0.2, -0.15) is 5.10 Å². The highest BCUT2D eigenvalue weighted by molar-refractivity contribution is 5.87. The smallest absolute Gasteiger partial charge is 0.295 e. The number of aromatic nitrogens is 1. The van der Waals surface area contributed by atoms with E-state index in [2.05, 4.69) is 33.3 Å². The number of phenolic OH excluding ortho intramolecular Hbond substituents is 1. The first-order valence-electron chi connectivity index (χ1n) is 13.3. The van der Waals surface area contributed by atoms with Crippen molar-refractivity contribution in [3.8, 4) is 5.75 Å². The van der Waals surface area contributed by atoms with Crippen LogP contribution in [0.15, 0.2) is 47.6 Å².